The van der Waals surface area contributed by atoms with Crippen molar-refractivity contribution in [2.75, 3.05) is 33.7 Å². The van der Waals surface area contributed by atoms with Gasteiger partial charge < -0.3 is 14.2 Å². The molecule has 0 aliphatic carbocycles. The molecular formula is C19H24FN3O2. The number of nitrogens with zero attached hydrogens (tertiary/aromatic N) is 3. The van der Waals surface area contributed by atoms with E-state index < -0.39 is 0 Å². The molecule has 1 saturated heterocycles. The van der Waals surface area contributed by atoms with Gasteiger partial charge in [0, 0.05) is 19.5 Å². The van der Waals surface area contributed by atoms with Crippen molar-refractivity contribution in [3.05, 3.63) is 53.5 Å². The Morgan fingerprint density at radius 1 is 1.40 bits per heavy atom. The summed E-state index contributed by atoms with van der Waals surface area (Å²) in [5.41, 5.74) is 0.594. The number of carbonyl (C=O) groups is 1. The van der Waals surface area contributed by atoms with E-state index in [1.54, 1.807) is 18.3 Å². The van der Waals surface area contributed by atoms with Crippen LogP contribution in [-0.2, 0) is 11.2 Å². The Labute approximate surface area is 147 Å². The lowest BCUT2D eigenvalue weighted by molar-refractivity contribution is -0.133. The van der Waals surface area contributed by atoms with Crippen LogP contribution >= 0.6 is 0 Å². The second-order valence-corrected chi connectivity index (χ2v) is 6.85. The highest BCUT2D eigenvalue weighted by atomic mass is 19.1. The first kappa shape index (κ1) is 17.6. The highest BCUT2D eigenvalue weighted by Gasteiger charge is 2.28. The van der Waals surface area contributed by atoms with Crippen molar-refractivity contribution < 1.29 is 13.6 Å². The molecule has 0 unspecified atom stereocenters. The van der Waals surface area contributed by atoms with Gasteiger partial charge in [0.25, 0.3) is 0 Å². The number of benzene rings is 1. The first-order chi connectivity index (χ1) is 12.0. The Bertz CT molecular complexity index is 729. The predicted molar refractivity (Wildman–Crippen MR) is 92.8 cm³/mol. The van der Waals surface area contributed by atoms with Crippen molar-refractivity contribution >= 4 is 5.91 Å². The highest BCUT2D eigenvalue weighted by molar-refractivity contribution is 5.78. The lowest BCUT2D eigenvalue weighted by atomic mass is 9.98. The molecule has 1 aromatic heterocycles. The summed E-state index contributed by atoms with van der Waals surface area (Å²) in [5.74, 6) is 1.30. The van der Waals surface area contributed by atoms with Crippen LogP contribution in [0.1, 0.15) is 36.0 Å². The van der Waals surface area contributed by atoms with Crippen LogP contribution in [-0.4, -0.2) is 54.4 Å². The molecule has 1 aromatic carbocycles. The van der Waals surface area contributed by atoms with Gasteiger partial charge in [-0.1, -0.05) is 18.2 Å². The van der Waals surface area contributed by atoms with Gasteiger partial charge in [-0.2, -0.15) is 0 Å². The number of likely N-dealkylation sites (tertiary alicyclic amines) is 1. The normalized spacial score (nSPS) is 17.9. The van der Waals surface area contributed by atoms with Gasteiger partial charge in [0.05, 0.1) is 18.7 Å². The average molecular weight is 345 g/mol. The van der Waals surface area contributed by atoms with Crippen molar-refractivity contribution in [1.82, 2.24) is 14.8 Å². The second-order valence-electron chi connectivity index (χ2n) is 6.85. The number of rotatable bonds is 5. The molecule has 0 spiro atoms. The Balaban J connectivity index is 1.65. The molecule has 2 heterocycles. The molecule has 1 fully saturated rings. The Morgan fingerprint density at radius 2 is 2.20 bits per heavy atom. The maximum Gasteiger partial charge on any atom is 0.236 e. The summed E-state index contributed by atoms with van der Waals surface area (Å²) in [6, 6.07) is 6.68. The number of piperidine rings is 1. The zero-order valence-electron chi connectivity index (χ0n) is 14.7. The number of hydrogen-bond donors (Lipinski definition) is 0. The van der Waals surface area contributed by atoms with Gasteiger partial charge >= 0.3 is 0 Å². The smallest absolute Gasteiger partial charge is 0.236 e. The first-order valence-corrected chi connectivity index (χ1v) is 8.63. The highest BCUT2D eigenvalue weighted by Crippen LogP contribution is 2.27. The van der Waals surface area contributed by atoms with Crippen LogP contribution in [0.15, 0.2) is 34.9 Å². The minimum absolute atomic E-state index is 0.106. The van der Waals surface area contributed by atoms with E-state index in [4.69, 9.17) is 4.42 Å². The quantitative estimate of drug-likeness (QED) is 0.836. The van der Waals surface area contributed by atoms with Crippen LogP contribution < -0.4 is 0 Å². The molecule has 0 radical (unpaired) electrons. The van der Waals surface area contributed by atoms with Crippen molar-refractivity contribution in [3.8, 4) is 0 Å². The van der Waals surface area contributed by atoms with Crippen LogP contribution in [0.4, 0.5) is 4.39 Å². The summed E-state index contributed by atoms with van der Waals surface area (Å²) in [6.45, 7) is 1.83. The maximum atomic E-state index is 13.8. The molecule has 5 nitrogen and oxygen atoms in total. The lowest BCUT2D eigenvalue weighted by Crippen LogP contribution is -2.43. The molecule has 1 atom stereocenters. The van der Waals surface area contributed by atoms with E-state index in [1.807, 2.05) is 30.0 Å². The maximum absolute atomic E-state index is 13.8. The molecule has 1 aliphatic heterocycles. The molecule has 2 aromatic rings. The summed E-state index contributed by atoms with van der Waals surface area (Å²) < 4.78 is 19.6. The molecule has 0 bridgehead atoms. The van der Waals surface area contributed by atoms with Crippen LogP contribution in [0.2, 0.25) is 0 Å². The fourth-order valence-electron chi connectivity index (χ4n) is 3.20. The largest absolute Gasteiger partial charge is 0.445 e. The van der Waals surface area contributed by atoms with E-state index in [1.165, 1.54) is 6.07 Å². The molecule has 0 saturated carbocycles. The fourth-order valence-corrected chi connectivity index (χ4v) is 3.20. The van der Waals surface area contributed by atoms with Gasteiger partial charge in [0.15, 0.2) is 5.89 Å². The first-order valence-electron chi connectivity index (χ1n) is 8.63. The third-order valence-electron chi connectivity index (χ3n) is 4.47. The van der Waals surface area contributed by atoms with Gasteiger partial charge in [0.1, 0.15) is 11.6 Å². The summed E-state index contributed by atoms with van der Waals surface area (Å²) >= 11 is 0. The average Bonchev–Trinajstić information content (AvgIpc) is 3.05. The third kappa shape index (κ3) is 4.45. The van der Waals surface area contributed by atoms with Crippen LogP contribution in [0, 0.1) is 5.82 Å². The second kappa shape index (κ2) is 7.78. The van der Waals surface area contributed by atoms with E-state index in [0.717, 1.165) is 19.4 Å². The Morgan fingerprint density at radius 3 is 2.96 bits per heavy atom. The SMILES string of the molecule is CN(C)CC(=O)N1CCC[C@@H](c2ncc(Cc3ccccc3F)o2)C1. The van der Waals surface area contributed by atoms with Crippen molar-refractivity contribution in [2.24, 2.45) is 0 Å². The van der Waals surface area contributed by atoms with Crippen LogP contribution in [0.3, 0.4) is 0 Å². The zero-order valence-corrected chi connectivity index (χ0v) is 14.7. The molecule has 25 heavy (non-hydrogen) atoms. The topological polar surface area (TPSA) is 49.6 Å². The fraction of sp³-hybridized carbons (Fsp3) is 0.474. The molecule has 1 amide bonds. The molecule has 6 heteroatoms. The van der Waals surface area contributed by atoms with Crippen molar-refractivity contribution in [2.45, 2.75) is 25.2 Å². The molecule has 1 aliphatic rings. The summed E-state index contributed by atoms with van der Waals surface area (Å²) in [4.78, 5) is 20.4. The molecule has 134 valence electrons. The minimum Gasteiger partial charge on any atom is -0.445 e. The number of likely N-dealkylation sites (N-methyl/N-ethyl adjacent to an activating group) is 1. The van der Waals surface area contributed by atoms with E-state index in [0.29, 0.717) is 36.7 Å². The molecular weight excluding hydrogens is 321 g/mol. The lowest BCUT2D eigenvalue weighted by Gasteiger charge is -2.32. The number of oxazole rings is 1. The Hall–Kier alpha value is -2.21. The van der Waals surface area contributed by atoms with Crippen LogP contribution in [0.5, 0.6) is 0 Å². The number of hydrogen-bond acceptors (Lipinski definition) is 4. The molecule has 0 N–H and O–H groups in total. The summed E-state index contributed by atoms with van der Waals surface area (Å²) in [5, 5.41) is 0. The molecule has 3 rings (SSSR count). The van der Waals surface area contributed by atoms with E-state index in [9.17, 15) is 9.18 Å². The van der Waals surface area contributed by atoms with Crippen molar-refractivity contribution in [1.29, 1.82) is 0 Å². The van der Waals surface area contributed by atoms with Crippen molar-refractivity contribution in [3.63, 3.8) is 0 Å². The van der Waals surface area contributed by atoms with Gasteiger partial charge in [-0.05, 0) is 38.6 Å². The summed E-state index contributed by atoms with van der Waals surface area (Å²) in [6.07, 6.45) is 3.94. The minimum atomic E-state index is -0.237. The summed E-state index contributed by atoms with van der Waals surface area (Å²) in [7, 11) is 3.78. The van der Waals surface area contributed by atoms with Crippen LogP contribution in [0.25, 0.3) is 0 Å². The number of amides is 1. The van der Waals surface area contributed by atoms with E-state index in [-0.39, 0.29) is 17.6 Å². The van der Waals surface area contributed by atoms with Gasteiger partial charge in [-0.15, -0.1) is 0 Å². The van der Waals surface area contributed by atoms with E-state index in [2.05, 4.69) is 4.98 Å². The third-order valence-corrected chi connectivity index (χ3v) is 4.47. The number of halogens is 1. The number of carbonyl (C=O) groups excluding carboxylic acids is 1. The van der Waals surface area contributed by atoms with Gasteiger partial charge in [0.2, 0.25) is 5.91 Å². The Kier molecular flexibility index (Phi) is 5.48. The monoisotopic (exact) mass is 345 g/mol. The zero-order chi connectivity index (χ0) is 17.8. The standard InChI is InChI=1S/C19H24FN3O2/c1-22(2)13-18(24)23-9-5-7-15(12-23)19-21-11-16(25-19)10-14-6-3-4-8-17(14)20/h3-4,6,8,11,15H,5,7,9-10,12-13H2,1-2H3/t15-/m1/s1. The van der Waals surface area contributed by atoms with Gasteiger partial charge in [-0.25, -0.2) is 9.37 Å². The number of aromatic nitrogens is 1. The van der Waals surface area contributed by atoms with Gasteiger partial charge in [-0.3, -0.25) is 4.79 Å². The van der Waals surface area contributed by atoms with E-state index >= 15 is 0 Å². The predicted octanol–water partition coefficient (Wildman–Crippen LogP) is 2.67.